The molecule has 2 N–H and O–H groups in total. The van der Waals surface area contributed by atoms with Gasteiger partial charge in [-0.1, -0.05) is 68.4 Å². The summed E-state index contributed by atoms with van der Waals surface area (Å²) in [6, 6.07) is 15.8. The zero-order valence-corrected chi connectivity index (χ0v) is 23.8. The van der Waals surface area contributed by atoms with Crippen LogP contribution in [0.5, 0.6) is 0 Å². The number of hydrogen-bond donors (Lipinski definition) is 2. The van der Waals surface area contributed by atoms with Gasteiger partial charge in [0.25, 0.3) is 0 Å². The molecule has 41 heavy (non-hydrogen) atoms. The number of carbonyl (C=O) groups excluding carboxylic acids is 4. The quantitative estimate of drug-likeness (QED) is 0.310. The number of aliphatic carboxylic acids is 1. The molecule has 2 aromatic rings. The van der Waals surface area contributed by atoms with Gasteiger partial charge in [-0.05, 0) is 48.3 Å². The molecule has 1 aliphatic rings. The summed E-state index contributed by atoms with van der Waals surface area (Å²) in [5.74, 6) is -6.05. The van der Waals surface area contributed by atoms with Gasteiger partial charge >= 0.3 is 17.9 Å². The average molecular weight is 566 g/mol. The van der Waals surface area contributed by atoms with Crippen LogP contribution < -0.4 is 5.32 Å². The van der Waals surface area contributed by atoms with E-state index in [0.29, 0.717) is 12.8 Å². The van der Waals surface area contributed by atoms with Crippen LogP contribution in [0.1, 0.15) is 56.7 Å². The van der Waals surface area contributed by atoms with Crippen LogP contribution in [0.2, 0.25) is 0 Å². The summed E-state index contributed by atoms with van der Waals surface area (Å²) in [4.78, 5) is 64.1. The fourth-order valence-electron chi connectivity index (χ4n) is 5.19. The third-order valence-electron chi connectivity index (χ3n) is 7.49. The number of carboxylic acids is 1. The lowest BCUT2D eigenvalue weighted by molar-refractivity contribution is -0.152. The highest BCUT2D eigenvalue weighted by molar-refractivity contribution is 5.94. The Morgan fingerprint density at radius 2 is 1.41 bits per heavy atom. The van der Waals surface area contributed by atoms with E-state index in [1.165, 1.54) is 0 Å². The molecule has 0 saturated carbocycles. The van der Waals surface area contributed by atoms with Crippen LogP contribution in [0.4, 0.5) is 0 Å². The third-order valence-corrected chi connectivity index (χ3v) is 7.49. The number of ether oxygens (including phenoxy) is 2. The maximum absolute atomic E-state index is 13.6. The van der Waals surface area contributed by atoms with Crippen molar-refractivity contribution < 1.29 is 38.6 Å². The molecule has 1 amide bonds. The van der Waals surface area contributed by atoms with Crippen LogP contribution in [0.25, 0.3) is 0 Å². The van der Waals surface area contributed by atoms with E-state index in [9.17, 15) is 29.1 Å². The normalized spacial score (nSPS) is 14.9. The second kappa shape index (κ2) is 15.1. The Labute approximate surface area is 240 Å². The van der Waals surface area contributed by atoms with Crippen molar-refractivity contribution in [3.63, 3.8) is 0 Å². The highest BCUT2D eigenvalue weighted by Gasteiger charge is 2.38. The Bertz CT molecular complexity index is 1200. The molecule has 2 aromatic carbocycles. The van der Waals surface area contributed by atoms with Crippen LogP contribution in [0.3, 0.4) is 0 Å². The standard InChI is InChI=1S/C32H39NO8/c1-4-40-28(35)16-25(17-29(36)41-19-21-10-6-5-7-11-21)31(37)33-30(27(34)18-26(20(2)3)32(38)39)24-14-22-12-8-9-13-23(22)15-24/h5-13,20,24-26,30H,4,14-19H2,1-3H3,(H,33,37)(H,38,39)/t25-,26+,30+/m1/s1. The number of amides is 1. The molecule has 0 saturated heterocycles. The molecule has 9 heteroatoms. The van der Waals surface area contributed by atoms with E-state index in [-0.39, 0.29) is 44.3 Å². The molecule has 1 aliphatic carbocycles. The highest BCUT2D eigenvalue weighted by atomic mass is 16.5. The molecular formula is C32H39NO8. The first kappa shape index (κ1) is 31.5. The molecule has 0 fully saturated rings. The van der Waals surface area contributed by atoms with E-state index in [1.54, 1.807) is 32.9 Å². The minimum Gasteiger partial charge on any atom is -0.481 e. The fraction of sp³-hybridized carbons (Fsp3) is 0.469. The van der Waals surface area contributed by atoms with Gasteiger partial charge in [0.1, 0.15) is 6.61 Å². The molecule has 3 atom stereocenters. The van der Waals surface area contributed by atoms with Crippen molar-refractivity contribution >= 4 is 29.6 Å². The van der Waals surface area contributed by atoms with Crippen molar-refractivity contribution in [1.29, 1.82) is 0 Å². The molecule has 3 rings (SSSR count). The van der Waals surface area contributed by atoms with E-state index in [0.717, 1.165) is 16.7 Å². The molecule has 0 aliphatic heterocycles. The highest BCUT2D eigenvalue weighted by Crippen LogP contribution is 2.31. The zero-order chi connectivity index (χ0) is 29.9. The van der Waals surface area contributed by atoms with E-state index in [4.69, 9.17) is 9.47 Å². The summed E-state index contributed by atoms with van der Waals surface area (Å²) in [7, 11) is 0. The molecule has 0 aromatic heterocycles. The van der Waals surface area contributed by atoms with E-state index >= 15 is 0 Å². The van der Waals surface area contributed by atoms with E-state index in [2.05, 4.69) is 5.32 Å². The molecule has 220 valence electrons. The average Bonchev–Trinajstić information content (AvgIpc) is 3.37. The van der Waals surface area contributed by atoms with Gasteiger partial charge in [0.05, 0.1) is 37.3 Å². The van der Waals surface area contributed by atoms with Crippen molar-refractivity contribution in [3.8, 4) is 0 Å². The van der Waals surface area contributed by atoms with Crippen molar-refractivity contribution in [1.82, 2.24) is 5.32 Å². The number of nitrogens with one attached hydrogen (secondary N) is 1. The first-order valence-corrected chi connectivity index (χ1v) is 14.1. The number of fused-ring (bicyclic) bond motifs is 1. The number of Topliss-reactive ketones (excluding diaryl/α,β-unsaturated/α-hetero) is 1. The van der Waals surface area contributed by atoms with E-state index < -0.39 is 47.5 Å². The SMILES string of the molecule is CCOC(=O)C[C@H](CC(=O)OCc1ccccc1)C(=O)N[C@H](C(=O)C[C@H](C(=O)O)C(C)C)C1Cc2ccccc2C1. The Balaban J connectivity index is 1.79. The number of benzene rings is 2. The zero-order valence-electron chi connectivity index (χ0n) is 23.8. The Morgan fingerprint density at radius 1 is 0.854 bits per heavy atom. The summed E-state index contributed by atoms with van der Waals surface area (Å²) in [5, 5.41) is 12.5. The summed E-state index contributed by atoms with van der Waals surface area (Å²) in [6.07, 6.45) is 0.0804. The van der Waals surface area contributed by atoms with Crippen LogP contribution in [-0.4, -0.2) is 47.4 Å². The second-order valence-corrected chi connectivity index (χ2v) is 10.8. The minimum atomic E-state index is -1.13. The largest absolute Gasteiger partial charge is 0.481 e. The number of carboxylic acid groups (broad SMARTS) is 1. The van der Waals surface area contributed by atoms with E-state index in [1.807, 2.05) is 42.5 Å². The molecule has 0 radical (unpaired) electrons. The lowest BCUT2D eigenvalue weighted by Crippen LogP contribution is -2.50. The lowest BCUT2D eigenvalue weighted by Gasteiger charge is -2.27. The van der Waals surface area contributed by atoms with Gasteiger partial charge in [-0.2, -0.15) is 0 Å². The van der Waals surface area contributed by atoms with Gasteiger partial charge in [0, 0.05) is 6.42 Å². The van der Waals surface area contributed by atoms with Crippen molar-refractivity contribution in [3.05, 3.63) is 71.3 Å². The van der Waals surface area contributed by atoms with Crippen LogP contribution in [-0.2, 0) is 52.9 Å². The topological polar surface area (TPSA) is 136 Å². The fourth-order valence-corrected chi connectivity index (χ4v) is 5.19. The summed E-state index contributed by atoms with van der Waals surface area (Å²) in [6.45, 7) is 5.24. The number of rotatable bonds is 15. The van der Waals surface area contributed by atoms with Crippen molar-refractivity contribution in [2.24, 2.45) is 23.7 Å². The molecule has 0 bridgehead atoms. The van der Waals surface area contributed by atoms with Crippen molar-refractivity contribution in [2.75, 3.05) is 6.61 Å². The van der Waals surface area contributed by atoms with Crippen LogP contribution in [0, 0.1) is 23.7 Å². The maximum atomic E-state index is 13.6. The summed E-state index contributed by atoms with van der Waals surface area (Å²) >= 11 is 0. The number of ketones is 1. The molecule has 0 heterocycles. The molecule has 0 spiro atoms. The monoisotopic (exact) mass is 565 g/mol. The van der Waals surface area contributed by atoms with Crippen molar-refractivity contribution in [2.45, 2.75) is 65.5 Å². The number of hydrogen-bond acceptors (Lipinski definition) is 7. The molecule has 9 nitrogen and oxygen atoms in total. The number of carbonyl (C=O) groups is 5. The molecular weight excluding hydrogens is 526 g/mol. The summed E-state index contributed by atoms with van der Waals surface area (Å²) in [5.41, 5.74) is 2.91. The van der Waals surface area contributed by atoms with Crippen LogP contribution >= 0.6 is 0 Å². The van der Waals surface area contributed by atoms with Gasteiger partial charge in [-0.15, -0.1) is 0 Å². The Hall–Kier alpha value is -4.01. The second-order valence-electron chi connectivity index (χ2n) is 10.8. The first-order valence-electron chi connectivity index (χ1n) is 14.1. The lowest BCUT2D eigenvalue weighted by atomic mass is 9.84. The summed E-state index contributed by atoms with van der Waals surface area (Å²) < 4.78 is 10.4. The Kier molecular flexibility index (Phi) is 11.6. The predicted molar refractivity (Wildman–Crippen MR) is 150 cm³/mol. The van der Waals surface area contributed by atoms with Gasteiger partial charge in [-0.25, -0.2) is 0 Å². The maximum Gasteiger partial charge on any atom is 0.307 e. The predicted octanol–water partition coefficient (Wildman–Crippen LogP) is 3.91. The Morgan fingerprint density at radius 3 is 1.95 bits per heavy atom. The third kappa shape index (κ3) is 9.27. The number of esters is 2. The first-order chi connectivity index (χ1) is 19.6. The van der Waals surface area contributed by atoms with Gasteiger partial charge < -0.3 is 19.9 Å². The van der Waals surface area contributed by atoms with Crippen LogP contribution in [0.15, 0.2) is 54.6 Å². The van der Waals surface area contributed by atoms with Gasteiger partial charge in [0.15, 0.2) is 5.78 Å². The minimum absolute atomic E-state index is 0.0145. The van der Waals surface area contributed by atoms with Gasteiger partial charge in [0.2, 0.25) is 5.91 Å². The smallest absolute Gasteiger partial charge is 0.307 e. The van der Waals surface area contributed by atoms with Gasteiger partial charge in [-0.3, -0.25) is 24.0 Å². The molecule has 0 unspecified atom stereocenters.